The van der Waals surface area contributed by atoms with Crippen molar-refractivity contribution in [3.05, 3.63) is 35.4 Å². The summed E-state index contributed by atoms with van der Waals surface area (Å²) in [7, 11) is 0. The summed E-state index contributed by atoms with van der Waals surface area (Å²) in [5.74, 6) is -0.962. The average molecular weight is 261 g/mol. The van der Waals surface area contributed by atoms with Crippen LogP contribution in [0, 0.1) is 6.92 Å². The van der Waals surface area contributed by atoms with Crippen molar-refractivity contribution in [3.8, 4) is 0 Å². The molecule has 0 aliphatic carbocycles. The van der Waals surface area contributed by atoms with E-state index in [1.54, 1.807) is 12.1 Å². The van der Waals surface area contributed by atoms with Gasteiger partial charge >= 0.3 is 5.97 Å². The maximum atomic E-state index is 11.8. The first kappa shape index (κ1) is 13.3. The molecule has 1 N–H and O–H groups in total. The van der Waals surface area contributed by atoms with Gasteiger partial charge in [0.15, 0.2) is 12.4 Å². The van der Waals surface area contributed by atoms with E-state index in [0.717, 1.165) is 5.56 Å². The van der Waals surface area contributed by atoms with Gasteiger partial charge in [0, 0.05) is 12.0 Å². The minimum absolute atomic E-state index is 0.160. The Morgan fingerprint density at radius 2 is 2.00 bits per heavy atom. The van der Waals surface area contributed by atoms with E-state index in [9.17, 15) is 14.4 Å². The molecule has 1 saturated heterocycles. The summed E-state index contributed by atoms with van der Waals surface area (Å²) >= 11 is 0. The smallest absolute Gasteiger partial charge is 0.329 e. The number of carbonyl (C=O) groups is 3. The maximum Gasteiger partial charge on any atom is 0.329 e. The molecule has 1 aliphatic rings. The van der Waals surface area contributed by atoms with Crippen molar-refractivity contribution >= 4 is 17.7 Å². The van der Waals surface area contributed by atoms with E-state index in [1.807, 2.05) is 19.1 Å². The van der Waals surface area contributed by atoms with E-state index in [0.29, 0.717) is 18.4 Å². The average Bonchev–Trinajstić information content (AvgIpc) is 2.83. The van der Waals surface area contributed by atoms with Gasteiger partial charge in [-0.3, -0.25) is 9.59 Å². The van der Waals surface area contributed by atoms with Crippen LogP contribution in [0.2, 0.25) is 0 Å². The lowest BCUT2D eigenvalue weighted by Crippen LogP contribution is -2.35. The number of benzene rings is 1. The minimum Gasteiger partial charge on any atom is -0.456 e. The molecule has 1 aliphatic heterocycles. The molecule has 0 bridgehead atoms. The second kappa shape index (κ2) is 5.65. The quantitative estimate of drug-likeness (QED) is 0.648. The zero-order chi connectivity index (χ0) is 13.8. The van der Waals surface area contributed by atoms with Crippen LogP contribution in [0.4, 0.5) is 0 Å². The summed E-state index contributed by atoms with van der Waals surface area (Å²) < 4.78 is 4.92. The number of carbonyl (C=O) groups excluding carboxylic acids is 3. The third-order valence-corrected chi connectivity index (χ3v) is 3.00. The van der Waals surface area contributed by atoms with Crippen LogP contribution in [-0.4, -0.2) is 30.3 Å². The van der Waals surface area contributed by atoms with Gasteiger partial charge in [-0.05, 0) is 13.3 Å². The van der Waals surface area contributed by atoms with Gasteiger partial charge in [0.05, 0.1) is 0 Å². The van der Waals surface area contributed by atoms with Crippen LogP contribution in [0.15, 0.2) is 24.3 Å². The predicted molar refractivity (Wildman–Crippen MR) is 67.6 cm³/mol. The molecule has 5 nitrogen and oxygen atoms in total. The molecule has 1 atom stereocenters. The number of rotatable bonds is 4. The molecule has 1 fully saturated rings. The zero-order valence-electron chi connectivity index (χ0n) is 10.6. The number of ether oxygens (including phenoxy) is 1. The van der Waals surface area contributed by atoms with E-state index < -0.39 is 12.0 Å². The number of ketones is 1. The van der Waals surface area contributed by atoms with Gasteiger partial charge < -0.3 is 10.1 Å². The normalized spacial score (nSPS) is 17.9. The Kier molecular flexibility index (Phi) is 3.94. The molecule has 0 unspecified atom stereocenters. The lowest BCUT2D eigenvalue weighted by Gasteiger charge is -2.09. The lowest BCUT2D eigenvalue weighted by atomic mass is 10.1. The molecule has 1 amide bonds. The van der Waals surface area contributed by atoms with Crippen LogP contribution in [0.1, 0.15) is 28.8 Å². The molecular weight excluding hydrogens is 246 g/mol. The lowest BCUT2D eigenvalue weighted by molar-refractivity contribution is -0.145. The number of nitrogens with one attached hydrogen (secondary N) is 1. The van der Waals surface area contributed by atoms with Gasteiger partial charge in [0.2, 0.25) is 5.91 Å². The third-order valence-electron chi connectivity index (χ3n) is 3.00. The summed E-state index contributed by atoms with van der Waals surface area (Å²) in [5, 5.41) is 2.50. The van der Waals surface area contributed by atoms with Gasteiger partial charge in [-0.15, -0.1) is 0 Å². The van der Waals surface area contributed by atoms with Crippen LogP contribution < -0.4 is 5.32 Å². The summed E-state index contributed by atoms with van der Waals surface area (Å²) in [6, 6.07) is 6.43. The number of Topliss-reactive ketones (excluding diaryl/α,β-unsaturated/α-hetero) is 1. The van der Waals surface area contributed by atoms with Crippen molar-refractivity contribution < 1.29 is 19.1 Å². The standard InChI is InChI=1S/C14H15NO4/c1-9-2-4-10(5-3-9)12(16)8-19-14(18)11-6-7-13(17)15-11/h2-5,11H,6-8H2,1H3,(H,15,17)/t11-/m0/s1. The molecule has 1 heterocycles. The fraction of sp³-hybridized carbons (Fsp3) is 0.357. The fourth-order valence-corrected chi connectivity index (χ4v) is 1.85. The van der Waals surface area contributed by atoms with E-state index >= 15 is 0 Å². The monoisotopic (exact) mass is 261 g/mol. The summed E-state index contributed by atoms with van der Waals surface area (Å²) in [4.78, 5) is 34.3. The number of hydrogen-bond acceptors (Lipinski definition) is 4. The Morgan fingerprint density at radius 1 is 1.32 bits per heavy atom. The molecule has 2 rings (SSSR count). The molecule has 0 spiro atoms. The Balaban J connectivity index is 1.85. The number of esters is 1. The summed E-state index contributed by atoms with van der Waals surface area (Å²) in [6.07, 6.45) is 0.752. The first-order valence-corrected chi connectivity index (χ1v) is 6.12. The molecule has 100 valence electrons. The molecule has 0 saturated carbocycles. The Morgan fingerprint density at radius 3 is 2.58 bits per heavy atom. The van der Waals surface area contributed by atoms with Crippen LogP contribution >= 0.6 is 0 Å². The van der Waals surface area contributed by atoms with Gasteiger partial charge in [0.25, 0.3) is 0 Å². The van der Waals surface area contributed by atoms with Gasteiger partial charge in [-0.1, -0.05) is 29.8 Å². The highest BCUT2D eigenvalue weighted by atomic mass is 16.5. The first-order chi connectivity index (χ1) is 9.06. The molecular formula is C14H15NO4. The maximum absolute atomic E-state index is 11.8. The number of aryl methyl sites for hydroxylation is 1. The largest absolute Gasteiger partial charge is 0.456 e. The molecule has 0 aromatic heterocycles. The molecule has 1 aromatic carbocycles. The van der Waals surface area contributed by atoms with E-state index in [2.05, 4.69) is 5.32 Å². The van der Waals surface area contributed by atoms with E-state index in [1.165, 1.54) is 0 Å². The van der Waals surface area contributed by atoms with Crippen molar-refractivity contribution in [2.75, 3.05) is 6.61 Å². The first-order valence-electron chi connectivity index (χ1n) is 6.12. The summed E-state index contributed by atoms with van der Waals surface area (Å²) in [6.45, 7) is 1.63. The Labute approximate surface area is 110 Å². The highest BCUT2D eigenvalue weighted by molar-refractivity contribution is 5.98. The van der Waals surface area contributed by atoms with E-state index in [4.69, 9.17) is 4.74 Å². The third kappa shape index (κ3) is 3.40. The molecule has 1 aromatic rings. The van der Waals surface area contributed by atoms with Crippen molar-refractivity contribution in [2.24, 2.45) is 0 Å². The van der Waals surface area contributed by atoms with Gasteiger partial charge in [-0.25, -0.2) is 4.79 Å². The Hall–Kier alpha value is -2.17. The van der Waals surface area contributed by atoms with Crippen LogP contribution in [0.25, 0.3) is 0 Å². The number of hydrogen-bond donors (Lipinski definition) is 1. The predicted octanol–water partition coefficient (Wildman–Crippen LogP) is 1.000. The zero-order valence-corrected chi connectivity index (χ0v) is 10.6. The SMILES string of the molecule is Cc1ccc(C(=O)COC(=O)[C@@H]2CCC(=O)N2)cc1. The molecule has 0 radical (unpaired) electrons. The van der Waals surface area contributed by atoms with Crippen molar-refractivity contribution in [2.45, 2.75) is 25.8 Å². The van der Waals surface area contributed by atoms with Crippen LogP contribution in [0.5, 0.6) is 0 Å². The number of amides is 1. The van der Waals surface area contributed by atoms with Crippen molar-refractivity contribution in [1.82, 2.24) is 5.32 Å². The second-order valence-electron chi connectivity index (χ2n) is 4.56. The van der Waals surface area contributed by atoms with Crippen LogP contribution in [-0.2, 0) is 14.3 Å². The van der Waals surface area contributed by atoms with Gasteiger partial charge in [0.1, 0.15) is 6.04 Å². The van der Waals surface area contributed by atoms with Crippen molar-refractivity contribution in [1.29, 1.82) is 0 Å². The summed E-state index contributed by atoms with van der Waals surface area (Å²) in [5.41, 5.74) is 1.57. The van der Waals surface area contributed by atoms with Crippen LogP contribution in [0.3, 0.4) is 0 Å². The molecule has 19 heavy (non-hydrogen) atoms. The molecule has 5 heteroatoms. The Bertz CT molecular complexity index is 507. The second-order valence-corrected chi connectivity index (χ2v) is 4.56. The van der Waals surface area contributed by atoms with Gasteiger partial charge in [-0.2, -0.15) is 0 Å². The topological polar surface area (TPSA) is 72.5 Å². The highest BCUT2D eigenvalue weighted by Crippen LogP contribution is 2.09. The van der Waals surface area contributed by atoms with E-state index in [-0.39, 0.29) is 18.3 Å². The fourth-order valence-electron chi connectivity index (χ4n) is 1.85. The minimum atomic E-state index is -0.613. The van der Waals surface area contributed by atoms with Crippen molar-refractivity contribution in [3.63, 3.8) is 0 Å². The highest BCUT2D eigenvalue weighted by Gasteiger charge is 2.28.